The maximum atomic E-state index is 14.5. The third-order valence-corrected chi connectivity index (χ3v) is 14.1. The van der Waals surface area contributed by atoms with Crippen molar-refractivity contribution in [1.29, 1.82) is 0 Å². The van der Waals surface area contributed by atoms with Crippen LogP contribution in [0.4, 0.5) is 0 Å². The number of unbranched alkanes of at least 4 members (excludes halogenated alkanes) is 3. The molecule has 65 heavy (non-hydrogen) atoms. The number of carbonyl (C=O) groups excluding carboxylic acids is 6. The highest BCUT2D eigenvalue weighted by molar-refractivity contribution is 7.09. The fraction of sp³-hybridized carbons (Fsp3) is 0.653. The van der Waals surface area contributed by atoms with Crippen LogP contribution >= 0.6 is 11.3 Å². The zero-order valence-corrected chi connectivity index (χ0v) is 41.2. The summed E-state index contributed by atoms with van der Waals surface area (Å²) in [7, 11) is 4.88. The number of aromatic nitrogens is 1. The first-order valence-corrected chi connectivity index (χ1v) is 24.3. The lowest BCUT2D eigenvalue weighted by Crippen LogP contribution is -2.61. The molecule has 1 aromatic carbocycles. The van der Waals surface area contributed by atoms with Crippen LogP contribution in [-0.4, -0.2) is 132 Å². The van der Waals surface area contributed by atoms with Gasteiger partial charge in [0.15, 0.2) is 0 Å². The lowest BCUT2D eigenvalue weighted by molar-refractivity contribution is -0.148. The number of imide groups is 1. The van der Waals surface area contributed by atoms with Crippen molar-refractivity contribution in [2.24, 2.45) is 17.8 Å². The first-order valence-electron chi connectivity index (χ1n) is 23.4. The van der Waals surface area contributed by atoms with Crippen LogP contribution in [0.15, 0.2) is 54.1 Å². The van der Waals surface area contributed by atoms with E-state index in [1.165, 1.54) is 28.4 Å². The fourth-order valence-electron chi connectivity index (χ4n) is 9.00. The molecule has 0 bridgehead atoms. The first kappa shape index (κ1) is 53.1. The monoisotopic (exact) mass is 922 g/mol. The van der Waals surface area contributed by atoms with E-state index in [1.54, 1.807) is 46.2 Å². The summed E-state index contributed by atoms with van der Waals surface area (Å²) in [6.07, 6.45) is 9.06. The molecule has 0 radical (unpaired) electrons. The molecule has 15 nitrogen and oxygen atoms in total. The molecule has 1 aromatic heterocycles. The van der Waals surface area contributed by atoms with Crippen molar-refractivity contribution >= 4 is 46.8 Å². The summed E-state index contributed by atoms with van der Waals surface area (Å²) in [5.41, 5.74) is 0.108. The number of methoxy groups -OCH3 is 2. The predicted molar refractivity (Wildman–Crippen MR) is 252 cm³/mol. The summed E-state index contributed by atoms with van der Waals surface area (Å²) in [4.78, 5) is 89.4. The summed E-state index contributed by atoms with van der Waals surface area (Å²) in [5.74, 6) is -2.30. The van der Waals surface area contributed by atoms with Crippen molar-refractivity contribution in [3.63, 3.8) is 0 Å². The number of thiazole rings is 1. The number of nitrogens with zero attached hydrogens (tertiary/aromatic N) is 4. The van der Waals surface area contributed by atoms with Gasteiger partial charge < -0.3 is 35.2 Å². The number of likely N-dealkylation sites (N-methyl/N-ethyl adjacent to an activating group) is 1. The molecule has 16 heteroatoms. The van der Waals surface area contributed by atoms with Gasteiger partial charge in [-0.2, -0.15) is 0 Å². The predicted octanol–water partition coefficient (Wildman–Crippen LogP) is 5.46. The Morgan fingerprint density at radius 3 is 2.23 bits per heavy atom. The summed E-state index contributed by atoms with van der Waals surface area (Å²) >= 11 is 1.50. The molecule has 1 unspecified atom stereocenters. The minimum absolute atomic E-state index is 0.0151. The van der Waals surface area contributed by atoms with Gasteiger partial charge in [-0.3, -0.25) is 33.7 Å². The summed E-state index contributed by atoms with van der Waals surface area (Å²) in [5, 5.41) is 12.3. The van der Waals surface area contributed by atoms with Crippen LogP contribution in [0, 0.1) is 17.8 Å². The second-order valence-corrected chi connectivity index (χ2v) is 19.5. The van der Waals surface area contributed by atoms with Crippen LogP contribution in [0.3, 0.4) is 0 Å². The van der Waals surface area contributed by atoms with Gasteiger partial charge in [-0.25, -0.2) is 4.98 Å². The molecule has 1 saturated heterocycles. The SMILES string of the molecule is CC[C@H](C)[C@@H]([C@@H](CC(=O)N1CCCC1[C@H](OC)[C@@H](C)C(=O)N[C@@H](Cc1ccccc1)c1nccs1)OC)N(C)C(=O)[C@@H](NC(=O)C(C)(C)NCCCCCCN1C(=O)C=CC1=O)C(C)C. The Hall–Kier alpha value is -4.51. The maximum absolute atomic E-state index is 14.5. The zero-order chi connectivity index (χ0) is 47.8. The molecule has 360 valence electrons. The van der Waals surface area contributed by atoms with Crippen molar-refractivity contribution in [1.82, 2.24) is 35.6 Å². The van der Waals surface area contributed by atoms with Crippen LogP contribution in [0.25, 0.3) is 0 Å². The number of likely N-dealkylation sites (tertiary alicyclic amines) is 1. The maximum Gasteiger partial charge on any atom is 0.253 e. The van der Waals surface area contributed by atoms with Gasteiger partial charge in [0.1, 0.15) is 11.0 Å². The molecule has 1 fully saturated rings. The van der Waals surface area contributed by atoms with Gasteiger partial charge in [-0.05, 0) is 69.9 Å². The second kappa shape index (κ2) is 25.4. The summed E-state index contributed by atoms with van der Waals surface area (Å²) in [6, 6.07) is 8.00. The van der Waals surface area contributed by atoms with Crippen molar-refractivity contribution in [3.8, 4) is 0 Å². The van der Waals surface area contributed by atoms with Crippen LogP contribution in [0.1, 0.15) is 116 Å². The average molecular weight is 922 g/mol. The highest BCUT2D eigenvalue weighted by Gasteiger charge is 2.43. The molecule has 2 aliphatic heterocycles. The lowest BCUT2D eigenvalue weighted by atomic mass is 9.89. The van der Waals surface area contributed by atoms with E-state index in [9.17, 15) is 28.8 Å². The van der Waals surface area contributed by atoms with Gasteiger partial charge in [0.05, 0.1) is 48.2 Å². The van der Waals surface area contributed by atoms with Gasteiger partial charge in [0.25, 0.3) is 11.8 Å². The number of hydrogen-bond donors (Lipinski definition) is 3. The third-order valence-electron chi connectivity index (χ3n) is 13.2. The highest BCUT2D eigenvalue weighted by Crippen LogP contribution is 2.31. The molecule has 0 aliphatic carbocycles. The van der Waals surface area contributed by atoms with Crippen molar-refractivity contribution in [2.45, 2.75) is 148 Å². The number of carbonyl (C=O) groups is 6. The minimum Gasteiger partial charge on any atom is -0.379 e. The average Bonchev–Trinajstić information content (AvgIpc) is 4.07. The third kappa shape index (κ3) is 14.5. The van der Waals surface area contributed by atoms with Gasteiger partial charge in [0.2, 0.25) is 23.6 Å². The van der Waals surface area contributed by atoms with Crippen molar-refractivity contribution < 1.29 is 38.2 Å². The van der Waals surface area contributed by atoms with Crippen LogP contribution in [0.5, 0.6) is 0 Å². The van der Waals surface area contributed by atoms with Gasteiger partial charge in [-0.15, -0.1) is 11.3 Å². The summed E-state index contributed by atoms with van der Waals surface area (Å²) < 4.78 is 12.1. The van der Waals surface area contributed by atoms with E-state index in [0.717, 1.165) is 36.3 Å². The van der Waals surface area contributed by atoms with Crippen LogP contribution < -0.4 is 16.0 Å². The molecule has 0 spiro atoms. The Balaban J connectivity index is 1.37. The molecule has 3 heterocycles. The standard InChI is InChI=1S/C49H75N7O8S/c1-11-33(4)43(54(8)47(61)42(32(2)3)53-48(62)49(6,7)51-25-17-12-13-18-27-56-39(57)23-24-40(56)58)38(63-9)31-41(59)55-28-19-22-37(55)44(64-10)34(5)45(60)52-36(46-50-26-29-65-46)30-35-20-15-14-16-21-35/h14-16,20-21,23-24,26,29,32-34,36-38,42-44,51H,11-13,17-19,22,25,27-28,30-31H2,1-10H3,(H,52,60)(H,53,62)/t33-,34+,36-,37?,38+,42-,43-,44+/m0/s1. The highest BCUT2D eigenvalue weighted by atomic mass is 32.1. The smallest absolute Gasteiger partial charge is 0.253 e. The van der Waals surface area contributed by atoms with E-state index in [2.05, 4.69) is 20.9 Å². The van der Waals surface area contributed by atoms with Crippen molar-refractivity contribution in [3.05, 3.63) is 64.6 Å². The Bertz CT molecular complexity index is 1870. The Kier molecular flexibility index (Phi) is 20.8. The van der Waals surface area contributed by atoms with E-state index >= 15 is 0 Å². The molecular weight excluding hydrogens is 847 g/mol. The quantitative estimate of drug-likeness (QED) is 0.0771. The fourth-order valence-corrected chi connectivity index (χ4v) is 9.69. The molecule has 2 aromatic rings. The molecule has 2 aliphatic rings. The number of hydrogen-bond acceptors (Lipinski definition) is 11. The number of benzene rings is 1. The van der Waals surface area contributed by atoms with E-state index in [-0.39, 0.29) is 65.8 Å². The second-order valence-electron chi connectivity index (χ2n) is 18.5. The molecule has 6 amide bonds. The van der Waals surface area contributed by atoms with Gasteiger partial charge in [-0.1, -0.05) is 84.2 Å². The first-order chi connectivity index (χ1) is 30.9. The Labute approximate surface area is 390 Å². The largest absolute Gasteiger partial charge is 0.379 e. The van der Waals surface area contributed by atoms with E-state index < -0.39 is 35.7 Å². The van der Waals surface area contributed by atoms with E-state index in [1.807, 2.05) is 75.2 Å². The van der Waals surface area contributed by atoms with Crippen molar-refractivity contribution in [2.75, 3.05) is 40.9 Å². The number of amides is 6. The number of nitrogens with one attached hydrogen (secondary N) is 3. The normalized spacial score (nSPS) is 18.6. The van der Waals surface area contributed by atoms with E-state index in [0.29, 0.717) is 45.3 Å². The zero-order valence-electron chi connectivity index (χ0n) is 40.3. The van der Waals surface area contributed by atoms with Crippen LogP contribution in [-0.2, 0) is 44.7 Å². The Morgan fingerprint density at radius 1 is 0.954 bits per heavy atom. The number of ether oxygens (including phenoxy) is 2. The number of rotatable bonds is 27. The molecular formula is C49H75N7O8S. The molecule has 0 saturated carbocycles. The topological polar surface area (TPSA) is 180 Å². The lowest BCUT2D eigenvalue weighted by Gasteiger charge is -2.41. The Morgan fingerprint density at radius 2 is 1.63 bits per heavy atom. The van der Waals surface area contributed by atoms with Gasteiger partial charge in [0, 0.05) is 58.1 Å². The minimum atomic E-state index is -0.973. The summed E-state index contributed by atoms with van der Waals surface area (Å²) in [6.45, 7) is 14.8. The molecule has 3 N–H and O–H groups in total. The van der Waals surface area contributed by atoms with Crippen LogP contribution in [0.2, 0.25) is 0 Å². The molecule has 4 rings (SSSR count). The van der Waals surface area contributed by atoms with E-state index in [4.69, 9.17) is 9.47 Å². The van der Waals surface area contributed by atoms with Gasteiger partial charge >= 0.3 is 0 Å². The molecule has 8 atom stereocenters.